The van der Waals surface area contributed by atoms with Crippen molar-refractivity contribution in [3.05, 3.63) is 24.3 Å². The molecule has 0 amide bonds. The fourth-order valence-electron chi connectivity index (χ4n) is 1.87. The number of hydrogen-bond acceptors (Lipinski definition) is 4. The highest BCUT2D eigenvalue weighted by atomic mass is 16.6. The molecule has 0 saturated carbocycles. The summed E-state index contributed by atoms with van der Waals surface area (Å²) in [7, 11) is 0. The topological polar surface area (TPSA) is 52.6 Å². The van der Waals surface area contributed by atoms with Gasteiger partial charge >= 0.3 is 11.9 Å². The summed E-state index contributed by atoms with van der Waals surface area (Å²) >= 11 is 0. The molecule has 1 rings (SSSR count). The smallest absolute Gasteiger partial charge is 0.314 e. The first kappa shape index (κ1) is 17.2. The zero-order valence-electron chi connectivity index (χ0n) is 13.1. The van der Waals surface area contributed by atoms with E-state index in [-0.39, 0.29) is 17.9 Å². The van der Waals surface area contributed by atoms with Crippen molar-refractivity contribution in [2.24, 2.45) is 5.92 Å². The third-order valence-electron chi connectivity index (χ3n) is 3.14. The van der Waals surface area contributed by atoms with E-state index in [0.717, 1.165) is 25.7 Å². The third-order valence-corrected chi connectivity index (χ3v) is 3.14. The zero-order valence-corrected chi connectivity index (χ0v) is 13.1. The van der Waals surface area contributed by atoms with Crippen LogP contribution >= 0.6 is 0 Å². The second-order valence-corrected chi connectivity index (χ2v) is 5.14. The lowest BCUT2D eigenvalue weighted by atomic mass is 10.1. The van der Waals surface area contributed by atoms with Gasteiger partial charge in [0.2, 0.25) is 0 Å². The van der Waals surface area contributed by atoms with Crippen LogP contribution in [-0.4, -0.2) is 11.9 Å². The second kappa shape index (κ2) is 9.16. The molecule has 21 heavy (non-hydrogen) atoms. The van der Waals surface area contributed by atoms with Crippen molar-refractivity contribution in [2.75, 3.05) is 0 Å². The zero-order chi connectivity index (χ0) is 15.7. The maximum absolute atomic E-state index is 11.9. The molecule has 0 saturated heterocycles. The molecule has 1 aromatic rings. The van der Waals surface area contributed by atoms with Gasteiger partial charge in [0, 0.05) is 6.42 Å². The van der Waals surface area contributed by atoms with Crippen LogP contribution in [0.4, 0.5) is 0 Å². The maximum Gasteiger partial charge on any atom is 0.314 e. The van der Waals surface area contributed by atoms with Crippen LogP contribution < -0.4 is 9.47 Å². The Labute approximate surface area is 126 Å². The van der Waals surface area contributed by atoms with E-state index in [9.17, 15) is 9.59 Å². The minimum Gasteiger partial charge on any atom is -0.423 e. The number of rotatable bonds is 8. The van der Waals surface area contributed by atoms with Crippen molar-refractivity contribution in [3.63, 3.8) is 0 Å². The molecular formula is C17H24O4. The fraction of sp³-hybridized carbons (Fsp3) is 0.529. The number of carbonyl (C=O) groups is 2. The summed E-state index contributed by atoms with van der Waals surface area (Å²) < 4.78 is 10.6. The standard InChI is InChI=1S/C17H24O4/c1-4-6-12-16(18)20-14-10-7-8-11-15(14)21-17(19)13(3)9-5-2/h7-8,10-11,13H,4-6,9,12H2,1-3H3. The monoisotopic (exact) mass is 292 g/mol. The molecule has 0 aromatic heterocycles. The van der Waals surface area contributed by atoms with Gasteiger partial charge in [-0.05, 0) is 25.0 Å². The van der Waals surface area contributed by atoms with Gasteiger partial charge in [-0.25, -0.2) is 0 Å². The van der Waals surface area contributed by atoms with Gasteiger partial charge in [-0.3, -0.25) is 9.59 Å². The number of ether oxygens (including phenoxy) is 2. The Bertz CT molecular complexity index is 468. The van der Waals surface area contributed by atoms with E-state index in [1.165, 1.54) is 0 Å². The average molecular weight is 292 g/mol. The number of carbonyl (C=O) groups excluding carboxylic acids is 2. The van der Waals surface area contributed by atoms with Gasteiger partial charge in [0.25, 0.3) is 0 Å². The molecule has 1 atom stereocenters. The van der Waals surface area contributed by atoms with Crippen LogP contribution in [0, 0.1) is 5.92 Å². The van der Waals surface area contributed by atoms with Gasteiger partial charge in [-0.2, -0.15) is 0 Å². The van der Waals surface area contributed by atoms with E-state index in [4.69, 9.17) is 9.47 Å². The van der Waals surface area contributed by atoms with Crippen molar-refractivity contribution in [3.8, 4) is 11.5 Å². The molecule has 0 aliphatic carbocycles. The normalized spacial score (nSPS) is 11.8. The van der Waals surface area contributed by atoms with E-state index in [1.54, 1.807) is 24.3 Å². The second-order valence-electron chi connectivity index (χ2n) is 5.14. The van der Waals surface area contributed by atoms with Gasteiger partial charge < -0.3 is 9.47 Å². The van der Waals surface area contributed by atoms with Crippen LogP contribution in [0.2, 0.25) is 0 Å². The SMILES string of the molecule is CCCCC(=O)Oc1ccccc1OC(=O)C(C)CCC. The Morgan fingerprint density at radius 3 is 2.24 bits per heavy atom. The molecule has 0 spiro atoms. The van der Waals surface area contributed by atoms with Gasteiger partial charge in [-0.1, -0.05) is 45.7 Å². The van der Waals surface area contributed by atoms with Crippen molar-refractivity contribution in [1.82, 2.24) is 0 Å². The molecule has 0 N–H and O–H groups in total. The first-order valence-corrected chi connectivity index (χ1v) is 7.59. The Balaban J connectivity index is 2.70. The van der Waals surface area contributed by atoms with Crippen LogP contribution in [0.5, 0.6) is 11.5 Å². The number of hydrogen-bond donors (Lipinski definition) is 0. The van der Waals surface area contributed by atoms with E-state index >= 15 is 0 Å². The van der Waals surface area contributed by atoms with Gasteiger partial charge in [0.05, 0.1) is 5.92 Å². The fourth-order valence-corrected chi connectivity index (χ4v) is 1.87. The average Bonchev–Trinajstić information content (AvgIpc) is 2.47. The maximum atomic E-state index is 11.9. The van der Waals surface area contributed by atoms with E-state index in [2.05, 4.69) is 0 Å². The molecule has 0 fully saturated rings. The minimum atomic E-state index is -0.304. The van der Waals surface area contributed by atoms with Gasteiger partial charge in [0.1, 0.15) is 0 Å². The predicted octanol–water partition coefficient (Wildman–Crippen LogP) is 4.12. The summed E-state index contributed by atoms with van der Waals surface area (Å²) in [5.41, 5.74) is 0. The molecule has 0 aliphatic heterocycles. The largest absolute Gasteiger partial charge is 0.423 e. The number of para-hydroxylation sites is 2. The molecule has 4 nitrogen and oxygen atoms in total. The Morgan fingerprint density at radius 2 is 1.67 bits per heavy atom. The molecule has 0 heterocycles. The molecule has 116 valence electrons. The number of benzene rings is 1. The van der Waals surface area contributed by atoms with Gasteiger partial charge in [0.15, 0.2) is 11.5 Å². The van der Waals surface area contributed by atoms with Crippen LogP contribution in [-0.2, 0) is 9.59 Å². The first-order chi connectivity index (χ1) is 10.1. The van der Waals surface area contributed by atoms with Crippen LogP contribution in [0.3, 0.4) is 0 Å². The summed E-state index contributed by atoms with van der Waals surface area (Å²) in [6.07, 6.45) is 3.78. The van der Waals surface area contributed by atoms with Crippen molar-refractivity contribution in [1.29, 1.82) is 0 Å². The summed E-state index contributed by atoms with van der Waals surface area (Å²) in [6, 6.07) is 6.77. The molecule has 1 unspecified atom stereocenters. The molecule has 0 bridgehead atoms. The summed E-state index contributed by atoms with van der Waals surface area (Å²) in [6.45, 7) is 5.87. The van der Waals surface area contributed by atoms with Crippen molar-refractivity contribution >= 4 is 11.9 Å². The lowest BCUT2D eigenvalue weighted by Crippen LogP contribution is -2.18. The molecule has 0 radical (unpaired) electrons. The quantitative estimate of drug-likeness (QED) is 0.534. The summed E-state index contributed by atoms with van der Waals surface area (Å²) in [4.78, 5) is 23.6. The number of esters is 2. The minimum absolute atomic E-state index is 0.168. The third kappa shape index (κ3) is 5.98. The molecule has 0 aliphatic rings. The van der Waals surface area contributed by atoms with Crippen LogP contribution in [0.1, 0.15) is 52.9 Å². The van der Waals surface area contributed by atoms with Crippen molar-refractivity contribution < 1.29 is 19.1 Å². The summed E-state index contributed by atoms with van der Waals surface area (Å²) in [5.74, 6) is -0.166. The highest BCUT2D eigenvalue weighted by molar-refractivity contribution is 5.77. The van der Waals surface area contributed by atoms with Gasteiger partial charge in [-0.15, -0.1) is 0 Å². The Morgan fingerprint density at radius 1 is 1.05 bits per heavy atom. The first-order valence-electron chi connectivity index (χ1n) is 7.59. The Hall–Kier alpha value is -1.84. The summed E-state index contributed by atoms with van der Waals surface area (Å²) in [5, 5.41) is 0. The molecular weight excluding hydrogens is 268 g/mol. The Kier molecular flexibility index (Phi) is 7.51. The van der Waals surface area contributed by atoms with Crippen LogP contribution in [0.15, 0.2) is 24.3 Å². The van der Waals surface area contributed by atoms with Crippen molar-refractivity contribution in [2.45, 2.75) is 52.9 Å². The lowest BCUT2D eigenvalue weighted by molar-refractivity contribution is -0.140. The van der Waals surface area contributed by atoms with E-state index in [0.29, 0.717) is 17.9 Å². The lowest BCUT2D eigenvalue weighted by Gasteiger charge is -2.13. The van der Waals surface area contributed by atoms with Crippen LogP contribution in [0.25, 0.3) is 0 Å². The highest BCUT2D eigenvalue weighted by Gasteiger charge is 2.17. The molecule has 1 aromatic carbocycles. The van der Waals surface area contributed by atoms with E-state index in [1.807, 2.05) is 20.8 Å². The number of unbranched alkanes of at least 4 members (excludes halogenated alkanes) is 1. The highest BCUT2D eigenvalue weighted by Crippen LogP contribution is 2.28. The van der Waals surface area contributed by atoms with E-state index < -0.39 is 0 Å². The molecule has 4 heteroatoms. The predicted molar refractivity (Wildman–Crippen MR) is 81.3 cm³/mol.